The van der Waals surface area contributed by atoms with Crippen LogP contribution in [0.25, 0.3) is 0 Å². The maximum absolute atomic E-state index is 11.3. The van der Waals surface area contributed by atoms with Crippen LogP contribution in [0.1, 0.15) is 63.2 Å². The minimum Gasteiger partial charge on any atom is -0.458 e. The molecular formula is C16H23BrO2. The second kappa shape index (κ2) is 9.13. The highest BCUT2D eigenvalue weighted by Crippen LogP contribution is 2.28. The Kier molecular flexibility index (Phi) is 7.80. The molecule has 0 amide bonds. The molecule has 1 aromatic rings. The Balaban J connectivity index is 2.74. The SMILES string of the molecule is CCCCCCC(OC(C)=O)c1ccccc1CBr. The fourth-order valence-electron chi connectivity index (χ4n) is 2.20. The summed E-state index contributed by atoms with van der Waals surface area (Å²) >= 11 is 3.50. The van der Waals surface area contributed by atoms with Gasteiger partial charge < -0.3 is 4.74 Å². The van der Waals surface area contributed by atoms with Crippen LogP contribution >= 0.6 is 15.9 Å². The van der Waals surface area contributed by atoms with Crippen molar-refractivity contribution in [2.45, 2.75) is 57.4 Å². The van der Waals surface area contributed by atoms with Gasteiger partial charge in [-0.15, -0.1) is 0 Å². The first kappa shape index (κ1) is 16.2. The minimum absolute atomic E-state index is 0.108. The van der Waals surface area contributed by atoms with Crippen LogP contribution in [0.5, 0.6) is 0 Å². The lowest BCUT2D eigenvalue weighted by Crippen LogP contribution is -2.10. The van der Waals surface area contributed by atoms with Gasteiger partial charge in [0.05, 0.1) is 0 Å². The average molecular weight is 327 g/mol. The van der Waals surface area contributed by atoms with Crippen molar-refractivity contribution in [3.8, 4) is 0 Å². The molecule has 1 atom stereocenters. The monoisotopic (exact) mass is 326 g/mol. The van der Waals surface area contributed by atoms with E-state index in [4.69, 9.17) is 4.74 Å². The van der Waals surface area contributed by atoms with Crippen LogP contribution in [0.4, 0.5) is 0 Å². The Bertz CT molecular complexity index is 390. The number of hydrogen-bond donors (Lipinski definition) is 0. The summed E-state index contributed by atoms with van der Waals surface area (Å²) in [4.78, 5) is 11.3. The number of rotatable bonds is 8. The summed E-state index contributed by atoms with van der Waals surface area (Å²) in [7, 11) is 0. The minimum atomic E-state index is -0.204. The summed E-state index contributed by atoms with van der Waals surface area (Å²) < 4.78 is 5.50. The number of halogens is 1. The van der Waals surface area contributed by atoms with E-state index < -0.39 is 0 Å². The third-order valence-electron chi connectivity index (χ3n) is 3.17. The summed E-state index contributed by atoms with van der Waals surface area (Å²) in [6.07, 6.45) is 5.56. The Morgan fingerprint density at radius 2 is 2.00 bits per heavy atom. The molecule has 0 radical (unpaired) electrons. The van der Waals surface area contributed by atoms with Crippen LogP contribution in [-0.2, 0) is 14.9 Å². The van der Waals surface area contributed by atoms with E-state index in [9.17, 15) is 4.79 Å². The van der Waals surface area contributed by atoms with Crippen molar-refractivity contribution < 1.29 is 9.53 Å². The largest absolute Gasteiger partial charge is 0.458 e. The van der Waals surface area contributed by atoms with Crippen molar-refractivity contribution >= 4 is 21.9 Å². The lowest BCUT2D eigenvalue weighted by Gasteiger charge is -2.20. The highest BCUT2D eigenvalue weighted by Gasteiger charge is 2.17. The molecule has 1 unspecified atom stereocenters. The smallest absolute Gasteiger partial charge is 0.303 e. The van der Waals surface area contributed by atoms with Gasteiger partial charge in [-0.2, -0.15) is 0 Å². The maximum atomic E-state index is 11.3. The van der Waals surface area contributed by atoms with Crippen LogP contribution in [0.3, 0.4) is 0 Å². The second-order valence-corrected chi connectivity index (χ2v) is 5.34. The van der Waals surface area contributed by atoms with Crippen molar-refractivity contribution in [2.75, 3.05) is 0 Å². The van der Waals surface area contributed by atoms with Gasteiger partial charge in [-0.05, 0) is 24.0 Å². The molecule has 0 N–H and O–H groups in total. The lowest BCUT2D eigenvalue weighted by molar-refractivity contribution is -0.147. The van der Waals surface area contributed by atoms with Crippen LogP contribution in [0, 0.1) is 0 Å². The van der Waals surface area contributed by atoms with Gasteiger partial charge in [-0.3, -0.25) is 4.79 Å². The van der Waals surface area contributed by atoms with Gasteiger partial charge in [0.2, 0.25) is 0 Å². The number of ether oxygens (including phenoxy) is 1. The molecule has 0 aliphatic rings. The molecule has 1 aromatic carbocycles. The van der Waals surface area contributed by atoms with E-state index >= 15 is 0 Å². The molecule has 0 bridgehead atoms. The Labute approximate surface area is 124 Å². The Hall–Kier alpha value is -0.830. The Morgan fingerprint density at radius 3 is 2.63 bits per heavy atom. The molecule has 0 saturated heterocycles. The predicted molar refractivity (Wildman–Crippen MR) is 82.3 cm³/mol. The van der Waals surface area contributed by atoms with Crippen molar-refractivity contribution in [3.63, 3.8) is 0 Å². The second-order valence-electron chi connectivity index (χ2n) is 4.78. The van der Waals surface area contributed by atoms with Gasteiger partial charge in [0.1, 0.15) is 6.10 Å². The van der Waals surface area contributed by atoms with Crippen molar-refractivity contribution in [2.24, 2.45) is 0 Å². The summed E-state index contributed by atoms with van der Waals surface area (Å²) in [6.45, 7) is 3.68. The van der Waals surface area contributed by atoms with Gasteiger partial charge in [0.25, 0.3) is 0 Å². The molecule has 0 fully saturated rings. The van der Waals surface area contributed by atoms with Gasteiger partial charge in [-0.1, -0.05) is 66.4 Å². The standard InChI is InChI=1S/C16H23BrO2/c1-3-4-5-6-11-16(19-13(2)18)15-10-8-7-9-14(15)12-17/h7-10,16H,3-6,11-12H2,1-2H3. The number of benzene rings is 1. The first-order valence-corrected chi connectivity index (χ1v) is 8.12. The number of carbonyl (C=O) groups excluding carboxylic acids is 1. The lowest BCUT2D eigenvalue weighted by atomic mass is 9.98. The van der Waals surface area contributed by atoms with E-state index in [0.29, 0.717) is 0 Å². The molecule has 1 rings (SSSR count). The van der Waals surface area contributed by atoms with Crippen LogP contribution in [0.2, 0.25) is 0 Å². The third-order valence-corrected chi connectivity index (χ3v) is 3.78. The quantitative estimate of drug-likeness (QED) is 0.375. The van der Waals surface area contributed by atoms with Gasteiger partial charge in [0.15, 0.2) is 0 Å². The van der Waals surface area contributed by atoms with Crippen LogP contribution in [0.15, 0.2) is 24.3 Å². The average Bonchev–Trinajstić information content (AvgIpc) is 2.42. The molecule has 2 nitrogen and oxygen atoms in total. The molecule has 3 heteroatoms. The molecular weight excluding hydrogens is 304 g/mol. The number of unbranched alkanes of at least 4 members (excludes halogenated alkanes) is 3. The normalized spacial score (nSPS) is 12.2. The zero-order chi connectivity index (χ0) is 14.1. The highest BCUT2D eigenvalue weighted by molar-refractivity contribution is 9.08. The Morgan fingerprint density at radius 1 is 1.26 bits per heavy atom. The van der Waals surface area contributed by atoms with Crippen molar-refractivity contribution in [1.29, 1.82) is 0 Å². The summed E-state index contributed by atoms with van der Waals surface area (Å²) in [5, 5.41) is 0.788. The highest BCUT2D eigenvalue weighted by atomic mass is 79.9. The molecule has 19 heavy (non-hydrogen) atoms. The van der Waals surface area contributed by atoms with E-state index in [-0.39, 0.29) is 12.1 Å². The molecule has 0 saturated carbocycles. The fraction of sp³-hybridized carbons (Fsp3) is 0.562. The summed E-state index contributed by atoms with van der Waals surface area (Å²) in [6, 6.07) is 8.16. The molecule has 0 spiro atoms. The molecule has 0 aliphatic heterocycles. The number of hydrogen-bond acceptors (Lipinski definition) is 2. The van der Waals surface area contributed by atoms with E-state index in [1.165, 1.54) is 31.7 Å². The maximum Gasteiger partial charge on any atom is 0.303 e. The predicted octanol–water partition coefficient (Wildman–Crippen LogP) is 5.16. The van der Waals surface area contributed by atoms with Crippen molar-refractivity contribution in [1.82, 2.24) is 0 Å². The molecule has 0 heterocycles. The van der Waals surface area contributed by atoms with Crippen molar-refractivity contribution in [3.05, 3.63) is 35.4 Å². The first-order chi connectivity index (χ1) is 9.19. The van der Waals surface area contributed by atoms with Gasteiger partial charge in [-0.25, -0.2) is 0 Å². The summed E-state index contributed by atoms with van der Waals surface area (Å²) in [5.41, 5.74) is 2.33. The first-order valence-electron chi connectivity index (χ1n) is 7.00. The number of esters is 1. The number of alkyl halides is 1. The topological polar surface area (TPSA) is 26.3 Å². The zero-order valence-electron chi connectivity index (χ0n) is 11.8. The molecule has 106 valence electrons. The van der Waals surface area contributed by atoms with E-state index in [2.05, 4.69) is 35.0 Å². The zero-order valence-corrected chi connectivity index (χ0v) is 13.4. The molecule has 0 aromatic heterocycles. The fourth-order valence-corrected chi connectivity index (χ4v) is 2.72. The van der Waals surface area contributed by atoms with Gasteiger partial charge >= 0.3 is 5.97 Å². The van der Waals surface area contributed by atoms with E-state index in [1.807, 2.05) is 12.1 Å². The van der Waals surface area contributed by atoms with E-state index in [0.717, 1.165) is 23.7 Å². The van der Waals surface area contributed by atoms with Crippen LogP contribution < -0.4 is 0 Å². The van der Waals surface area contributed by atoms with Crippen LogP contribution in [-0.4, -0.2) is 5.97 Å². The molecule has 0 aliphatic carbocycles. The van der Waals surface area contributed by atoms with Gasteiger partial charge in [0, 0.05) is 12.3 Å². The number of carbonyl (C=O) groups is 1. The third kappa shape index (κ3) is 5.77. The summed E-state index contributed by atoms with van der Waals surface area (Å²) in [5.74, 6) is -0.204. The van der Waals surface area contributed by atoms with E-state index in [1.54, 1.807) is 0 Å².